The summed E-state index contributed by atoms with van der Waals surface area (Å²) in [5, 5.41) is 11.2. The first kappa shape index (κ1) is 15.2. The Labute approximate surface area is 111 Å². The van der Waals surface area contributed by atoms with Gasteiger partial charge < -0.3 is 15.8 Å². The molecule has 1 aromatic carbocycles. The van der Waals surface area contributed by atoms with Gasteiger partial charge >= 0.3 is 0 Å². The van der Waals surface area contributed by atoms with Crippen LogP contribution in [-0.2, 0) is 0 Å². The van der Waals surface area contributed by atoms with Gasteiger partial charge in [0.2, 0.25) is 0 Å². The monoisotopic (exact) mass is 271 g/mol. The summed E-state index contributed by atoms with van der Waals surface area (Å²) in [6.45, 7) is 4.58. The van der Waals surface area contributed by atoms with Crippen LogP contribution in [0.3, 0.4) is 0 Å². The number of rotatable bonds is 5. The highest BCUT2D eigenvalue weighted by atomic mass is 19.1. The van der Waals surface area contributed by atoms with Crippen molar-refractivity contribution in [1.82, 2.24) is 0 Å². The van der Waals surface area contributed by atoms with Crippen LogP contribution < -0.4 is 10.6 Å². The Hall–Kier alpha value is -1.85. The van der Waals surface area contributed by atoms with Crippen molar-refractivity contribution in [1.29, 1.82) is 0 Å². The second-order valence-corrected chi connectivity index (χ2v) is 4.67. The van der Waals surface area contributed by atoms with Crippen molar-refractivity contribution in [2.24, 2.45) is 16.8 Å². The minimum absolute atomic E-state index is 0.0122. The molecule has 1 rings (SSSR count). The van der Waals surface area contributed by atoms with Gasteiger partial charge in [-0.2, -0.15) is 0 Å². The van der Waals surface area contributed by atoms with E-state index in [2.05, 4.69) is 5.16 Å². The van der Waals surface area contributed by atoms with Crippen LogP contribution in [-0.4, -0.2) is 24.6 Å². The Kier molecular flexibility index (Phi) is 5.09. The average molecular weight is 271 g/mol. The van der Waals surface area contributed by atoms with Crippen LogP contribution >= 0.6 is 0 Å². The molecule has 1 atom stereocenters. The highest BCUT2D eigenvalue weighted by Crippen LogP contribution is 2.25. The van der Waals surface area contributed by atoms with Gasteiger partial charge in [0.1, 0.15) is 17.3 Å². The Bertz CT molecular complexity index is 454. The molecular weight excluding hydrogens is 252 g/mol. The number of amidine groups is 1. The predicted octanol–water partition coefficient (Wildman–Crippen LogP) is 2.54. The van der Waals surface area contributed by atoms with E-state index in [1.807, 2.05) is 13.8 Å². The number of hydrogen-bond donors (Lipinski definition) is 2. The third kappa shape index (κ3) is 3.56. The summed E-state index contributed by atoms with van der Waals surface area (Å²) >= 11 is 0. The van der Waals surface area contributed by atoms with Gasteiger partial charge in [-0.25, -0.2) is 8.78 Å². The predicted molar refractivity (Wildman–Crippen MR) is 71.6 cm³/mol. The molecule has 0 saturated heterocycles. The van der Waals surface area contributed by atoms with Crippen LogP contribution in [0.25, 0.3) is 0 Å². The molecule has 0 aliphatic carbocycles. The highest BCUT2D eigenvalue weighted by Gasteiger charge is 2.17. The van der Waals surface area contributed by atoms with E-state index < -0.39 is 11.6 Å². The molecule has 0 heterocycles. The summed E-state index contributed by atoms with van der Waals surface area (Å²) in [4.78, 5) is 1.54. The number of nitrogens with zero attached hydrogens (tertiary/aromatic N) is 2. The SMILES string of the molecule is CCC(C)CN(C)c1c(F)cc(C(N)=NO)cc1F. The fourth-order valence-corrected chi connectivity index (χ4v) is 1.82. The average Bonchev–Trinajstić information content (AvgIpc) is 2.36. The minimum Gasteiger partial charge on any atom is -0.409 e. The second kappa shape index (κ2) is 6.36. The van der Waals surface area contributed by atoms with Crippen molar-refractivity contribution in [3.05, 3.63) is 29.3 Å². The van der Waals surface area contributed by atoms with Gasteiger partial charge in [-0.3, -0.25) is 0 Å². The summed E-state index contributed by atoms with van der Waals surface area (Å²) in [6, 6.07) is 2.11. The van der Waals surface area contributed by atoms with Gasteiger partial charge in [-0.1, -0.05) is 25.4 Å². The van der Waals surface area contributed by atoms with E-state index in [1.54, 1.807) is 7.05 Å². The molecule has 19 heavy (non-hydrogen) atoms. The Morgan fingerprint density at radius 3 is 2.37 bits per heavy atom. The number of hydrogen-bond acceptors (Lipinski definition) is 3. The summed E-state index contributed by atoms with van der Waals surface area (Å²) in [7, 11) is 1.64. The molecule has 106 valence electrons. The van der Waals surface area contributed by atoms with E-state index in [-0.39, 0.29) is 17.1 Å². The van der Waals surface area contributed by atoms with Crippen molar-refractivity contribution < 1.29 is 14.0 Å². The highest BCUT2D eigenvalue weighted by molar-refractivity contribution is 5.97. The molecule has 0 amide bonds. The first-order valence-corrected chi connectivity index (χ1v) is 6.08. The molecule has 0 aliphatic rings. The van der Waals surface area contributed by atoms with Crippen molar-refractivity contribution in [2.75, 3.05) is 18.5 Å². The molecule has 0 aromatic heterocycles. The number of nitrogens with two attached hydrogens (primary N) is 1. The number of benzene rings is 1. The maximum atomic E-state index is 13.9. The quantitative estimate of drug-likeness (QED) is 0.374. The zero-order valence-electron chi connectivity index (χ0n) is 11.3. The molecule has 6 heteroatoms. The van der Waals surface area contributed by atoms with Crippen LogP contribution in [0.5, 0.6) is 0 Å². The second-order valence-electron chi connectivity index (χ2n) is 4.67. The Morgan fingerprint density at radius 1 is 1.42 bits per heavy atom. The lowest BCUT2D eigenvalue weighted by atomic mass is 10.1. The molecule has 0 fully saturated rings. The molecule has 3 N–H and O–H groups in total. The molecular formula is C13H19F2N3O. The maximum Gasteiger partial charge on any atom is 0.170 e. The van der Waals surface area contributed by atoms with Gasteiger partial charge in [-0.15, -0.1) is 0 Å². The van der Waals surface area contributed by atoms with Crippen molar-refractivity contribution in [3.63, 3.8) is 0 Å². The third-order valence-corrected chi connectivity index (χ3v) is 3.08. The van der Waals surface area contributed by atoms with Gasteiger partial charge in [0.25, 0.3) is 0 Å². The van der Waals surface area contributed by atoms with Gasteiger partial charge in [0.15, 0.2) is 5.84 Å². The zero-order chi connectivity index (χ0) is 14.6. The summed E-state index contributed by atoms with van der Waals surface area (Å²) in [5.74, 6) is -1.46. The van der Waals surface area contributed by atoms with Crippen molar-refractivity contribution in [3.8, 4) is 0 Å². The van der Waals surface area contributed by atoms with E-state index in [4.69, 9.17) is 10.9 Å². The number of anilines is 1. The zero-order valence-corrected chi connectivity index (χ0v) is 11.3. The van der Waals surface area contributed by atoms with E-state index in [0.29, 0.717) is 12.5 Å². The van der Waals surface area contributed by atoms with E-state index in [1.165, 1.54) is 4.90 Å². The molecule has 0 bridgehead atoms. The summed E-state index contributed by atoms with van der Waals surface area (Å²) in [5.41, 5.74) is 5.22. The van der Waals surface area contributed by atoms with Gasteiger partial charge in [0.05, 0.1) is 0 Å². The largest absolute Gasteiger partial charge is 0.409 e. The lowest BCUT2D eigenvalue weighted by molar-refractivity contribution is 0.318. The molecule has 0 saturated carbocycles. The van der Waals surface area contributed by atoms with Crippen LogP contribution in [0, 0.1) is 17.6 Å². The standard InChI is InChI=1S/C13H19F2N3O/c1-4-8(2)7-18(3)12-10(14)5-9(6-11(12)15)13(16)17-19/h5-6,8,19H,4,7H2,1-3H3,(H2,16,17). The lowest BCUT2D eigenvalue weighted by Gasteiger charge is -2.24. The molecule has 0 aliphatic heterocycles. The molecule has 1 unspecified atom stereocenters. The normalized spacial score (nSPS) is 13.4. The van der Waals surface area contributed by atoms with Crippen molar-refractivity contribution in [2.45, 2.75) is 20.3 Å². The van der Waals surface area contributed by atoms with Crippen molar-refractivity contribution >= 4 is 11.5 Å². The van der Waals surface area contributed by atoms with E-state index >= 15 is 0 Å². The van der Waals surface area contributed by atoms with Crippen LogP contribution in [0.2, 0.25) is 0 Å². The fourth-order valence-electron chi connectivity index (χ4n) is 1.82. The lowest BCUT2D eigenvalue weighted by Crippen LogP contribution is -2.26. The Balaban J connectivity index is 3.10. The van der Waals surface area contributed by atoms with Crippen LogP contribution in [0.1, 0.15) is 25.8 Å². The third-order valence-electron chi connectivity index (χ3n) is 3.08. The fraction of sp³-hybridized carbons (Fsp3) is 0.462. The summed E-state index contributed by atoms with van der Waals surface area (Å²) in [6.07, 6.45) is 0.926. The first-order valence-electron chi connectivity index (χ1n) is 6.08. The molecule has 4 nitrogen and oxygen atoms in total. The number of oxime groups is 1. The molecule has 1 aromatic rings. The van der Waals surface area contributed by atoms with E-state index in [9.17, 15) is 8.78 Å². The molecule has 0 radical (unpaired) electrons. The van der Waals surface area contributed by atoms with Crippen LogP contribution in [0.15, 0.2) is 17.3 Å². The Morgan fingerprint density at radius 2 is 1.95 bits per heavy atom. The maximum absolute atomic E-state index is 13.9. The van der Waals surface area contributed by atoms with Gasteiger partial charge in [-0.05, 0) is 18.1 Å². The number of halogens is 2. The summed E-state index contributed by atoms with van der Waals surface area (Å²) < 4.78 is 27.9. The topological polar surface area (TPSA) is 61.8 Å². The molecule has 0 spiro atoms. The smallest absolute Gasteiger partial charge is 0.170 e. The van der Waals surface area contributed by atoms with Crippen LogP contribution in [0.4, 0.5) is 14.5 Å². The minimum atomic E-state index is -0.729. The van der Waals surface area contributed by atoms with Gasteiger partial charge in [0, 0.05) is 19.2 Å². The first-order chi connectivity index (χ1) is 8.90. The van der Waals surface area contributed by atoms with E-state index in [0.717, 1.165) is 18.6 Å².